The fourth-order valence-corrected chi connectivity index (χ4v) is 1.93. The summed E-state index contributed by atoms with van der Waals surface area (Å²) in [4.78, 5) is 0. The lowest BCUT2D eigenvalue weighted by Gasteiger charge is -2.23. The van der Waals surface area contributed by atoms with Crippen LogP contribution in [0.3, 0.4) is 0 Å². The number of rotatable bonds is 5. The van der Waals surface area contributed by atoms with Crippen molar-refractivity contribution in [1.29, 1.82) is 0 Å². The maximum atomic E-state index is 5.46. The first-order valence-electron chi connectivity index (χ1n) is 5.72. The van der Waals surface area contributed by atoms with Crippen molar-refractivity contribution in [2.45, 2.75) is 46.0 Å². The van der Waals surface area contributed by atoms with Gasteiger partial charge >= 0.3 is 0 Å². The van der Waals surface area contributed by atoms with Crippen LogP contribution in [0.2, 0.25) is 0 Å². The number of hydrogen-bond acceptors (Lipinski definition) is 1. The Morgan fingerprint density at radius 3 is 2.71 bits per heavy atom. The van der Waals surface area contributed by atoms with Gasteiger partial charge in [0, 0.05) is 0 Å². The Bertz CT molecular complexity index is 223. The van der Waals surface area contributed by atoms with E-state index in [0.717, 1.165) is 6.54 Å². The SMILES string of the molecule is CC1(C)C=C(CCCCCN)C=CC1. The molecule has 0 spiro atoms. The van der Waals surface area contributed by atoms with Gasteiger partial charge in [0.1, 0.15) is 0 Å². The van der Waals surface area contributed by atoms with Gasteiger partial charge < -0.3 is 5.73 Å². The zero-order chi connectivity index (χ0) is 10.4. The highest BCUT2D eigenvalue weighted by Crippen LogP contribution is 2.30. The summed E-state index contributed by atoms with van der Waals surface area (Å²) >= 11 is 0. The Hall–Kier alpha value is -0.560. The molecule has 0 aromatic rings. The van der Waals surface area contributed by atoms with Crippen molar-refractivity contribution in [2.24, 2.45) is 11.1 Å². The Morgan fingerprint density at radius 2 is 2.07 bits per heavy atom. The van der Waals surface area contributed by atoms with E-state index in [2.05, 4.69) is 32.1 Å². The van der Waals surface area contributed by atoms with Crippen LogP contribution in [0, 0.1) is 5.41 Å². The molecule has 0 fully saturated rings. The van der Waals surface area contributed by atoms with Crippen LogP contribution in [-0.2, 0) is 0 Å². The minimum atomic E-state index is 0.373. The van der Waals surface area contributed by atoms with E-state index in [-0.39, 0.29) is 0 Å². The van der Waals surface area contributed by atoms with Gasteiger partial charge in [-0.3, -0.25) is 0 Å². The van der Waals surface area contributed by atoms with E-state index >= 15 is 0 Å². The topological polar surface area (TPSA) is 26.0 Å². The molecule has 2 N–H and O–H groups in total. The maximum Gasteiger partial charge on any atom is -0.00773 e. The third kappa shape index (κ3) is 4.10. The molecule has 0 radical (unpaired) electrons. The second-order valence-corrected chi connectivity index (χ2v) is 4.91. The van der Waals surface area contributed by atoms with Gasteiger partial charge in [-0.05, 0) is 37.6 Å². The molecule has 80 valence electrons. The molecule has 0 saturated carbocycles. The lowest BCUT2D eigenvalue weighted by atomic mass is 9.82. The molecule has 1 rings (SSSR count). The molecule has 14 heavy (non-hydrogen) atoms. The molecule has 0 aromatic heterocycles. The van der Waals surface area contributed by atoms with E-state index in [1.165, 1.54) is 37.7 Å². The highest BCUT2D eigenvalue weighted by atomic mass is 14.5. The Kier molecular flexibility index (Phi) is 4.40. The summed E-state index contributed by atoms with van der Waals surface area (Å²) < 4.78 is 0. The van der Waals surface area contributed by atoms with Gasteiger partial charge in [-0.25, -0.2) is 0 Å². The molecule has 1 aliphatic carbocycles. The van der Waals surface area contributed by atoms with Gasteiger partial charge in [0.25, 0.3) is 0 Å². The van der Waals surface area contributed by atoms with Crippen LogP contribution in [0.5, 0.6) is 0 Å². The zero-order valence-electron chi connectivity index (χ0n) is 9.55. The van der Waals surface area contributed by atoms with E-state index in [1.54, 1.807) is 0 Å². The Labute approximate surface area is 88.1 Å². The molecule has 0 bridgehead atoms. The van der Waals surface area contributed by atoms with Crippen LogP contribution in [-0.4, -0.2) is 6.54 Å². The summed E-state index contributed by atoms with van der Waals surface area (Å²) in [5.41, 5.74) is 7.35. The second-order valence-electron chi connectivity index (χ2n) is 4.91. The van der Waals surface area contributed by atoms with Gasteiger partial charge in [-0.2, -0.15) is 0 Å². The van der Waals surface area contributed by atoms with Crippen molar-refractivity contribution < 1.29 is 0 Å². The molecule has 0 aliphatic heterocycles. The molecule has 0 heterocycles. The second kappa shape index (κ2) is 5.35. The summed E-state index contributed by atoms with van der Waals surface area (Å²) in [6.45, 7) is 5.44. The lowest BCUT2D eigenvalue weighted by molar-refractivity contribution is 0.477. The van der Waals surface area contributed by atoms with Crippen LogP contribution < -0.4 is 5.73 Å². The molecule has 0 unspecified atom stereocenters. The zero-order valence-corrected chi connectivity index (χ0v) is 9.55. The Balaban J connectivity index is 2.30. The normalized spacial score (nSPS) is 19.5. The minimum Gasteiger partial charge on any atom is -0.330 e. The summed E-state index contributed by atoms with van der Waals surface area (Å²) in [5.74, 6) is 0. The Morgan fingerprint density at radius 1 is 1.29 bits per heavy atom. The third-order valence-corrected chi connectivity index (χ3v) is 2.72. The fourth-order valence-electron chi connectivity index (χ4n) is 1.93. The van der Waals surface area contributed by atoms with E-state index in [0.29, 0.717) is 5.41 Å². The molecule has 1 aliphatic rings. The molecular formula is C13H23N. The summed E-state index contributed by atoms with van der Waals surface area (Å²) in [5, 5.41) is 0. The van der Waals surface area contributed by atoms with Crippen LogP contribution in [0.15, 0.2) is 23.8 Å². The van der Waals surface area contributed by atoms with E-state index < -0.39 is 0 Å². The van der Waals surface area contributed by atoms with Crippen molar-refractivity contribution in [1.82, 2.24) is 0 Å². The van der Waals surface area contributed by atoms with Crippen molar-refractivity contribution in [3.8, 4) is 0 Å². The standard InChI is InChI=1S/C13H23N/c1-13(2)9-6-8-12(11-13)7-4-3-5-10-14/h6,8,11H,3-5,7,9-10,14H2,1-2H3. The van der Waals surface area contributed by atoms with Crippen molar-refractivity contribution in [3.05, 3.63) is 23.8 Å². The first-order chi connectivity index (χ1) is 6.64. The summed E-state index contributed by atoms with van der Waals surface area (Å²) in [7, 11) is 0. The van der Waals surface area contributed by atoms with Crippen molar-refractivity contribution >= 4 is 0 Å². The van der Waals surface area contributed by atoms with E-state index in [9.17, 15) is 0 Å². The average molecular weight is 193 g/mol. The largest absolute Gasteiger partial charge is 0.330 e. The molecule has 0 aromatic carbocycles. The monoisotopic (exact) mass is 193 g/mol. The maximum absolute atomic E-state index is 5.46. The van der Waals surface area contributed by atoms with Gasteiger partial charge in [-0.1, -0.05) is 44.1 Å². The number of allylic oxidation sites excluding steroid dienone is 4. The smallest absolute Gasteiger partial charge is 0.00773 e. The van der Waals surface area contributed by atoms with Gasteiger partial charge in [0.05, 0.1) is 0 Å². The number of nitrogens with two attached hydrogens (primary N) is 1. The molecule has 0 atom stereocenters. The predicted octanol–water partition coefficient (Wildman–Crippen LogP) is 3.42. The van der Waals surface area contributed by atoms with Gasteiger partial charge in [0.2, 0.25) is 0 Å². The highest BCUT2D eigenvalue weighted by molar-refractivity contribution is 5.25. The molecule has 1 heteroatoms. The first-order valence-corrected chi connectivity index (χ1v) is 5.72. The molecule has 0 amide bonds. The molecular weight excluding hydrogens is 170 g/mol. The third-order valence-electron chi connectivity index (χ3n) is 2.72. The molecule has 0 saturated heterocycles. The van der Waals surface area contributed by atoms with Crippen molar-refractivity contribution in [2.75, 3.05) is 6.54 Å². The highest BCUT2D eigenvalue weighted by Gasteiger charge is 2.16. The fraction of sp³-hybridized carbons (Fsp3) is 0.692. The lowest BCUT2D eigenvalue weighted by Crippen LogP contribution is -2.09. The average Bonchev–Trinajstić information content (AvgIpc) is 2.11. The van der Waals surface area contributed by atoms with E-state index in [1.807, 2.05) is 0 Å². The molecule has 1 nitrogen and oxygen atoms in total. The van der Waals surface area contributed by atoms with Crippen LogP contribution >= 0.6 is 0 Å². The van der Waals surface area contributed by atoms with Crippen LogP contribution in [0.1, 0.15) is 46.0 Å². The van der Waals surface area contributed by atoms with Crippen LogP contribution in [0.25, 0.3) is 0 Å². The summed E-state index contributed by atoms with van der Waals surface area (Å²) in [6.07, 6.45) is 13.1. The number of unbranched alkanes of at least 4 members (excludes halogenated alkanes) is 2. The van der Waals surface area contributed by atoms with Crippen LogP contribution in [0.4, 0.5) is 0 Å². The minimum absolute atomic E-state index is 0.373. The van der Waals surface area contributed by atoms with Gasteiger partial charge in [-0.15, -0.1) is 0 Å². The quantitative estimate of drug-likeness (QED) is 0.665. The number of hydrogen-bond donors (Lipinski definition) is 1. The van der Waals surface area contributed by atoms with Crippen molar-refractivity contribution in [3.63, 3.8) is 0 Å². The van der Waals surface area contributed by atoms with E-state index in [4.69, 9.17) is 5.73 Å². The summed E-state index contributed by atoms with van der Waals surface area (Å²) in [6, 6.07) is 0. The first kappa shape index (κ1) is 11.5. The predicted molar refractivity (Wildman–Crippen MR) is 63.1 cm³/mol. The van der Waals surface area contributed by atoms with Gasteiger partial charge in [0.15, 0.2) is 0 Å².